The Hall–Kier alpha value is -2.97. The van der Waals surface area contributed by atoms with E-state index < -0.39 is 0 Å². The van der Waals surface area contributed by atoms with Crippen molar-refractivity contribution in [3.63, 3.8) is 0 Å². The van der Waals surface area contributed by atoms with E-state index in [0.717, 1.165) is 49.8 Å². The lowest BCUT2D eigenvalue weighted by atomic mass is 10.3. The van der Waals surface area contributed by atoms with Crippen molar-refractivity contribution in [1.29, 1.82) is 0 Å². The molecule has 1 fully saturated rings. The first kappa shape index (κ1) is 20.3. The fourth-order valence-electron chi connectivity index (χ4n) is 3.19. The molecule has 1 aliphatic rings. The average molecular weight is 425 g/mol. The summed E-state index contributed by atoms with van der Waals surface area (Å²) in [6.45, 7) is 5.79. The second-order valence-electron chi connectivity index (χ2n) is 7.18. The van der Waals surface area contributed by atoms with Crippen LogP contribution in [0, 0.1) is 0 Å². The van der Waals surface area contributed by atoms with Gasteiger partial charge in [-0.05, 0) is 25.2 Å². The summed E-state index contributed by atoms with van der Waals surface area (Å²) in [6.07, 6.45) is 2.32. The molecule has 1 aromatic carbocycles. The van der Waals surface area contributed by atoms with Crippen LogP contribution in [0.4, 0.5) is 29.1 Å². The third kappa shape index (κ3) is 4.95. The van der Waals surface area contributed by atoms with E-state index in [2.05, 4.69) is 47.4 Å². The highest BCUT2D eigenvalue weighted by Crippen LogP contribution is 2.28. The molecule has 0 aliphatic carbocycles. The van der Waals surface area contributed by atoms with Gasteiger partial charge >= 0.3 is 0 Å². The normalized spacial score (nSPS) is 14.6. The number of halogens is 1. The predicted molar refractivity (Wildman–Crippen MR) is 121 cm³/mol. The molecule has 0 spiro atoms. The lowest BCUT2D eigenvalue weighted by Crippen LogP contribution is -2.45. The van der Waals surface area contributed by atoms with Crippen LogP contribution in [0.15, 0.2) is 42.6 Å². The summed E-state index contributed by atoms with van der Waals surface area (Å²) >= 11 is 6.19. The smallest absolute Gasteiger partial charge is 0.233 e. The highest BCUT2D eigenvalue weighted by molar-refractivity contribution is 6.30. The number of likely N-dealkylation sites (N-methyl/N-ethyl adjacent to an activating group) is 1. The van der Waals surface area contributed by atoms with Crippen molar-refractivity contribution in [2.75, 3.05) is 48.8 Å². The van der Waals surface area contributed by atoms with E-state index in [9.17, 15) is 0 Å². The van der Waals surface area contributed by atoms with Gasteiger partial charge < -0.3 is 20.4 Å². The van der Waals surface area contributed by atoms with Crippen LogP contribution in [0.5, 0.6) is 0 Å². The second-order valence-corrected chi connectivity index (χ2v) is 7.62. The maximum atomic E-state index is 6.19. The van der Waals surface area contributed by atoms with Gasteiger partial charge in [-0.2, -0.15) is 15.0 Å². The predicted octanol–water partition coefficient (Wildman–Crippen LogP) is 3.72. The van der Waals surface area contributed by atoms with Crippen molar-refractivity contribution in [1.82, 2.24) is 24.8 Å². The van der Waals surface area contributed by atoms with E-state index >= 15 is 0 Å². The summed E-state index contributed by atoms with van der Waals surface area (Å²) in [7, 11) is 2.13. The topological polar surface area (TPSA) is 82.1 Å². The van der Waals surface area contributed by atoms with Gasteiger partial charge in [0.2, 0.25) is 11.9 Å². The van der Waals surface area contributed by atoms with Crippen molar-refractivity contribution >= 4 is 40.7 Å². The fraction of sp³-hybridized carbons (Fsp3) is 0.333. The van der Waals surface area contributed by atoms with Crippen LogP contribution in [-0.4, -0.2) is 58.1 Å². The Morgan fingerprint density at radius 1 is 1.00 bits per heavy atom. The zero-order chi connectivity index (χ0) is 20.9. The minimum absolute atomic E-state index is 0.474. The zero-order valence-corrected chi connectivity index (χ0v) is 17.9. The Morgan fingerprint density at radius 3 is 2.50 bits per heavy atom. The number of hydrogen-bond acceptors (Lipinski definition) is 8. The fourth-order valence-corrected chi connectivity index (χ4v) is 3.34. The van der Waals surface area contributed by atoms with Crippen LogP contribution < -0.4 is 15.5 Å². The van der Waals surface area contributed by atoms with Crippen LogP contribution in [0.3, 0.4) is 0 Å². The van der Waals surface area contributed by atoms with Crippen molar-refractivity contribution in [2.24, 2.45) is 0 Å². The molecule has 2 aromatic heterocycles. The maximum absolute atomic E-state index is 6.19. The molecule has 3 aromatic rings. The maximum Gasteiger partial charge on any atom is 0.233 e. The number of anilines is 5. The van der Waals surface area contributed by atoms with E-state index in [-0.39, 0.29) is 0 Å². The molecule has 9 heteroatoms. The number of hydrogen-bond donors (Lipinski definition) is 2. The molecule has 0 atom stereocenters. The Labute approximate surface area is 181 Å². The van der Waals surface area contributed by atoms with E-state index in [1.807, 2.05) is 43.3 Å². The Balaban J connectivity index is 1.61. The summed E-state index contributed by atoms with van der Waals surface area (Å²) in [6, 6.07) is 11.7. The molecule has 3 heterocycles. The first-order chi connectivity index (χ1) is 14.6. The number of benzene rings is 1. The standard InChI is InChI=1S/C21H25ClN8/c1-3-18-25-20(28-21(26-18)30-11-9-29(2)10-12-30)27-19-17(13-15(22)14-23-19)24-16-7-5-4-6-8-16/h4-8,13-14,24H,3,9-12H2,1-2H3,(H,23,25,26,27,28). The van der Waals surface area contributed by atoms with Crippen LogP contribution in [0.25, 0.3) is 0 Å². The quantitative estimate of drug-likeness (QED) is 0.619. The molecule has 2 N–H and O–H groups in total. The van der Waals surface area contributed by atoms with E-state index in [1.54, 1.807) is 6.20 Å². The van der Waals surface area contributed by atoms with Gasteiger partial charge in [0.05, 0.1) is 10.7 Å². The highest BCUT2D eigenvalue weighted by atomic mass is 35.5. The average Bonchev–Trinajstić information content (AvgIpc) is 2.76. The van der Waals surface area contributed by atoms with Crippen LogP contribution in [0.2, 0.25) is 5.02 Å². The number of piperazine rings is 1. The molecule has 0 amide bonds. The monoisotopic (exact) mass is 424 g/mol. The number of rotatable bonds is 6. The first-order valence-corrected chi connectivity index (χ1v) is 10.4. The molecule has 156 valence electrons. The van der Waals surface area contributed by atoms with E-state index in [0.29, 0.717) is 22.7 Å². The molecule has 0 bridgehead atoms. The van der Waals surface area contributed by atoms with Crippen molar-refractivity contribution in [3.05, 3.63) is 53.4 Å². The molecular formula is C21H25ClN8. The molecule has 8 nitrogen and oxygen atoms in total. The van der Waals surface area contributed by atoms with Gasteiger partial charge in [-0.3, -0.25) is 0 Å². The Morgan fingerprint density at radius 2 is 1.77 bits per heavy atom. The molecule has 4 rings (SSSR count). The first-order valence-electron chi connectivity index (χ1n) is 10.0. The third-order valence-corrected chi connectivity index (χ3v) is 5.12. The molecule has 1 saturated heterocycles. The molecule has 1 aliphatic heterocycles. The molecule has 0 saturated carbocycles. The molecular weight excluding hydrogens is 400 g/mol. The minimum atomic E-state index is 0.474. The van der Waals surface area contributed by atoms with Gasteiger partial charge in [0.15, 0.2) is 5.82 Å². The van der Waals surface area contributed by atoms with Gasteiger partial charge in [0.1, 0.15) is 5.82 Å². The number of pyridine rings is 1. The largest absolute Gasteiger partial charge is 0.352 e. The second kappa shape index (κ2) is 9.23. The van der Waals surface area contributed by atoms with Crippen molar-refractivity contribution in [2.45, 2.75) is 13.3 Å². The SMILES string of the molecule is CCc1nc(Nc2ncc(Cl)cc2Nc2ccccc2)nc(N2CCN(C)CC2)n1. The number of aryl methyl sites for hydroxylation is 1. The zero-order valence-electron chi connectivity index (χ0n) is 17.1. The van der Waals surface area contributed by atoms with Crippen molar-refractivity contribution < 1.29 is 0 Å². The van der Waals surface area contributed by atoms with E-state index in [1.165, 1.54) is 0 Å². The minimum Gasteiger partial charge on any atom is -0.352 e. The summed E-state index contributed by atoms with van der Waals surface area (Å²) in [5.74, 6) is 2.51. The Bertz CT molecular complexity index is 990. The highest BCUT2D eigenvalue weighted by Gasteiger charge is 2.19. The lowest BCUT2D eigenvalue weighted by molar-refractivity contribution is 0.311. The van der Waals surface area contributed by atoms with Gasteiger partial charge in [0.25, 0.3) is 0 Å². The lowest BCUT2D eigenvalue weighted by Gasteiger charge is -2.32. The number of nitrogens with one attached hydrogen (secondary N) is 2. The third-order valence-electron chi connectivity index (χ3n) is 4.91. The number of para-hydroxylation sites is 1. The van der Waals surface area contributed by atoms with Crippen molar-refractivity contribution in [3.8, 4) is 0 Å². The van der Waals surface area contributed by atoms with E-state index in [4.69, 9.17) is 11.6 Å². The summed E-state index contributed by atoms with van der Waals surface area (Å²) in [5, 5.41) is 7.14. The van der Waals surface area contributed by atoms with Gasteiger partial charge in [-0.15, -0.1) is 0 Å². The summed E-state index contributed by atoms with van der Waals surface area (Å²) in [5.41, 5.74) is 1.68. The molecule has 30 heavy (non-hydrogen) atoms. The molecule has 0 unspecified atom stereocenters. The molecule has 0 radical (unpaired) electrons. The van der Waals surface area contributed by atoms with Gasteiger partial charge in [-0.25, -0.2) is 4.98 Å². The van der Waals surface area contributed by atoms with Crippen LogP contribution in [0.1, 0.15) is 12.7 Å². The van der Waals surface area contributed by atoms with Crippen LogP contribution in [-0.2, 0) is 6.42 Å². The summed E-state index contributed by atoms with van der Waals surface area (Å²) < 4.78 is 0. The van der Waals surface area contributed by atoms with Gasteiger partial charge in [-0.1, -0.05) is 36.7 Å². The summed E-state index contributed by atoms with van der Waals surface area (Å²) in [4.78, 5) is 22.8. The van der Waals surface area contributed by atoms with Gasteiger partial charge in [0, 0.05) is 44.5 Å². The number of aromatic nitrogens is 4. The number of nitrogens with zero attached hydrogens (tertiary/aromatic N) is 6. The Kier molecular flexibility index (Phi) is 6.25. The van der Waals surface area contributed by atoms with Crippen LogP contribution >= 0.6 is 11.6 Å².